The first-order chi connectivity index (χ1) is 14.2. The maximum absolute atomic E-state index is 10.1. The van der Waals surface area contributed by atoms with Crippen LogP contribution in [0.2, 0.25) is 5.02 Å². The van der Waals surface area contributed by atoms with Gasteiger partial charge in [-0.05, 0) is 23.3 Å². The van der Waals surface area contributed by atoms with E-state index in [0.29, 0.717) is 22.0 Å². The minimum Gasteiger partial charge on any atom is -0.250 e. The molecule has 2 unspecified atom stereocenters. The van der Waals surface area contributed by atoms with Crippen LogP contribution in [-0.2, 0) is 0 Å². The summed E-state index contributed by atoms with van der Waals surface area (Å²) < 4.78 is 0. The molecule has 0 spiro atoms. The van der Waals surface area contributed by atoms with E-state index < -0.39 is 11.8 Å². The molecular weight excluding hydrogens is 378 g/mol. The third-order valence-electron chi connectivity index (χ3n) is 5.03. The van der Waals surface area contributed by atoms with E-state index >= 15 is 0 Å². The summed E-state index contributed by atoms with van der Waals surface area (Å²) in [6, 6.07) is 31.4. The van der Waals surface area contributed by atoms with Gasteiger partial charge in [-0.3, -0.25) is 0 Å². The Bertz CT molecular complexity index is 1160. The Hall–Kier alpha value is -3.66. The van der Waals surface area contributed by atoms with Crippen molar-refractivity contribution in [1.29, 1.82) is 10.5 Å². The monoisotopic (exact) mass is 393 g/mol. The lowest BCUT2D eigenvalue weighted by Gasteiger charge is -2.29. The predicted molar refractivity (Wildman–Crippen MR) is 115 cm³/mol. The van der Waals surface area contributed by atoms with Crippen molar-refractivity contribution in [2.24, 2.45) is 10.9 Å². The lowest BCUT2D eigenvalue weighted by Crippen LogP contribution is -2.27. The van der Waals surface area contributed by atoms with Crippen molar-refractivity contribution < 1.29 is 0 Å². The number of benzene rings is 3. The first-order valence-electron chi connectivity index (χ1n) is 9.21. The first kappa shape index (κ1) is 18.7. The summed E-state index contributed by atoms with van der Waals surface area (Å²) in [5, 5.41) is 20.8. The minimum atomic E-state index is -0.583. The Morgan fingerprint density at radius 3 is 1.90 bits per heavy atom. The summed E-state index contributed by atoms with van der Waals surface area (Å²) in [5.41, 5.74) is 4.37. The van der Waals surface area contributed by atoms with Crippen molar-refractivity contribution in [1.82, 2.24) is 0 Å². The van der Waals surface area contributed by atoms with Gasteiger partial charge in [0.05, 0.1) is 29.1 Å². The lowest BCUT2D eigenvalue weighted by molar-refractivity contribution is 0.722. The lowest BCUT2D eigenvalue weighted by atomic mass is 9.74. The zero-order valence-corrected chi connectivity index (χ0v) is 16.2. The van der Waals surface area contributed by atoms with Gasteiger partial charge in [0.2, 0.25) is 0 Å². The number of nitriles is 2. The smallest absolute Gasteiger partial charge is 0.101 e. The number of halogens is 1. The third-order valence-corrected chi connectivity index (χ3v) is 5.28. The molecule has 0 fully saturated rings. The molecule has 0 bridgehead atoms. The molecule has 3 aromatic carbocycles. The van der Waals surface area contributed by atoms with E-state index in [1.165, 1.54) is 0 Å². The van der Waals surface area contributed by atoms with Crippen LogP contribution < -0.4 is 0 Å². The summed E-state index contributed by atoms with van der Waals surface area (Å²) in [6.45, 7) is 0. The summed E-state index contributed by atoms with van der Waals surface area (Å²) in [7, 11) is 0. The number of allylic oxidation sites excluding steroid dienone is 1. The molecule has 1 heterocycles. The molecule has 1 aliphatic heterocycles. The molecule has 1 aliphatic rings. The molecule has 0 saturated heterocycles. The van der Waals surface area contributed by atoms with Crippen molar-refractivity contribution in [2.75, 3.05) is 0 Å². The van der Waals surface area contributed by atoms with Gasteiger partial charge >= 0.3 is 0 Å². The second-order valence-corrected chi connectivity index (χ2v) is 7.18. The van der Waals surface area contributed by atoms with Crippen molar-refractivity contribution in [3.63, 3.8) is 0 Å². The molecule has 3 aromatic rings. The number of aliphatic imine (C=N–C) groups is 1. The fourth-order valence-electron chi connectivity index (χ4n) is 3.68. The van der Waals surface area contributed by atoms with E-state index in [2.05, 4.69) is 12.1 Å². The van der Waals surface area contributed by atoms with Gasteiger partial charge in [0.1, 0.15) is 5.92 Å². The van der Waals surface area contributed by atoms with Gasteiger partial charge in [-0.2, -0.15) is 10.5 Å². The van der Waals surface area contributed by atoms with E-state index in [-0.39, 0.29) is 0 Å². The Morgan fingerprint density at radius 2 is 1.34 bits per heavy atom. The molecule has 0 aliphatic carbocycles. The highest BCUT2D eigenvalue weighted by Gasteiger charge is 2.37. The van der Waals surface area contributed by atoms with Crippen molar-refractivity contribution in [2.45, 2.75) is 5.92 Å². The molecule has 29 heavy (non-hydrogen) atoms. The summed E-state index contributed by atoms with van der Waals surface area (Å²) in [4.78, 5) is 4.85. The largest absolute Gasteiger partial charge is 0.250 e. The Balaban J connectivity index is 2.00. The summed E-state index contributed by atoms with van der Waals surface area (Å²) in [6.07, 6.45) is 0. The molecular formula is C25H16ClN3. The normalized spacial score (nSPS) is 18.5. The van der Waals surface area contributed by atoms with E-state index in [1.54, 1.807) is 12.1 Å². The van der Waals surface area contributed by atoms with Crippen LogP contribution in [0.25, 0.3) is 5.70 Å². The molecule has 0 radical (unpaired) electrons. The standard InChI is InChI=1S/C25H16ClN3/c26-20-13-11-17(12-14-20)23-21(15-27)24(18-7-3-1-4-8-18)29-25(22(23)16-28)19-9-5-2-6-10-19/h1-14,21,23H. The Kier molecular flexibility index (Phi) is 5.25. The van der Waals surface area contributed by atoms with E-state index in [0.717, 1.165) is 16.7 Å². The zero-order valence-electron chi connectivity index (χ0n) is 15.5. The molecule has 138 valence electrons. The average molecular weight is 394 g/mol. The SMILES string of the molecule is N#CC1=C(c2ccccc2)N=C(c2ccccc2)C(C#N)C1c1ccc(Cl)cc1. The van der Waals surface area contributed by atoms with Gasteiger partial charge in [0, 0.05) is 16.5 Å². The van der Waals surface area contributed by atoms with Crippen LogP contribution in [0.3, 0.4) is 0 Å². The maximum Gasteiger partial charge on any atom is 0.101 e. The molecule has 2 atom stereocenters. The van der Waals surface area contributed by atoms with Gasteiger partial charge in [-0.1, -0.05) is 84.4 Å². The quantitative estimate of drug-likeness (QED) is 0.547. The van der Waals surface area contributed by atoms with Crippen LogP contribution in [0.15, 0.2) is 95.5 Å². The van der Waals surface area contributed by atoms with Gasteiger partial charge in [-0.15, -0.1) is 0 Å². The fraction of sp³-hybridized carbons (Fsp3) is 0.0800. The van der Waals surface area contributed by atoms with Crippen molar-refractivity contribution in [3.05, 3.63) is 112 Å². The number of nitrogens with zero attached hydrogens (tertiary/aromatic N) is 3. The van der Waals surface area contributed by atoms with Crippen LogP contribution in [0.1, 0.15) is 22.6 Å². The summed E-state index contributed by atoms with van der Waals surface area (Å²) in [5.74, 6) is -1.01. The maximum atomic E-state index is 10.1. The van der Waals surface area contributed by atoms with Crippen LogP contribution >= 0.6 is 11.6 Å². The van der Waals surface area contributed by atoms with Crippen LogP contribution in [0, 0.1) is 28.6 Å². The molecule has 4 rings (SSSR count). The van der Waals surface area contributed by atoms with Crippen molar-refractivity contribution in [3.8, 4) is 12.1 Å². The number of hydrogen-bond acceptors (Lipinski definition) is 3. The van der Waals surface area contributed by atoms with Crippen molar-refractivity contribution >= 4 is 23.0 Å². The highest BCUT2D eigenvalue weighted by molar-refractivity contribution is 6.30. The van der Waals surface area contributed by atoms with Crippen LogP contribution in [0.4, 0.5) is 0 Å². The average Bonchev–Trinajstić information content (AvgIpc) is 2.79. The molecule has 0 aromatic heterocycles. The number of rotatable bonds is 3. The van der Waals surface area contributed by atoms with E-state index in [1.807, 2.05) is 72.8 Å². The highest BCUT2D eigenvalue weighted by Crippen LogP contribution is 2.42. The third kappa shape index (κ3) is 3.57. The van der Waals surface area contributed by atoms with E-state index in [4.69, 9.17) is 16.6 Å². The topological polar surface area (TPSA) is 59.9 Å². The second-order valence-electron chi connectivity index (χ2n) is 6.74. The fourth-order valence-corrected chi connectivity index (χ4v) is 3.80. The predicted octanol–water partition coefficient (Wildman–Crippen LogP) is 6.00. The van der Waals surface area contributed by atoms with E-state index in [9.17, 15) is 10.5 Å². The molecule has 0 saturated carbocycles. The molecule has 3 nitrogen and oxygen atoms in total. The Morgan fingerprint density at radius 1 is 0.759 bits per heavy atom. The summed E-state index contributed by atoms with van der Waals surface area (Å²) >= 11 is 6.07. The zero-order chi connectivity index (χ0) is 20.2. The molecule has 0 amide bonds. The van der Waals surface area contributed by atoms with Crippen LogP contribution in [0.5, 0.6) is 0 Å². The van der Waals surface area contributed by atoms with Crippen LogP contribution in [-0.4, -0.2) is 5.71 Å². The van der Waals surface area contributed by atoms with Gasteiger partial charge in [0.25, 0.3) is 0 Å². The number of hydrogen-bond donors (Lipinski definition) is 0. The molecule has 4 heteroatoms. The Labute approximate surface area is 174 Å². The van der Waals surface area contributed by atoms with Gasteiger partial charge in [0.15, 0.2) is 0 Å². The van der Waals surface area contributed by atoms with Gasteiger partial charge in [-0.25, -0.2) is 4.99 Å². The second kappa shape index (κ2) is 8.15. The van der Waals surface area contributed by atoms with Gasteiger partial charge < -0.3 is 0 Å². The highest BCUT2D eigenvalue weighted by atomic mass is 35.5. The minimum absolute atomic E-state index is 0.426. The first-order valence-corrected chi connectivity index (χ1v) is 9.59. The molecule has 0 N–H and O–H groups in total.